The van der Waals surface area contributed by atoms with E-state index in [1.807, 2.05) is 20.8 Å². The lowest BCUT2D eigenvalue weighted by molar-refractivity contribution is -0.305. The zero-order chi connectivity index (χ0) is 36.6. The molecule has 268 valence electrons. The van der Waals surface area contributed by atoms with Crippen molar-refractivity contribution in [1.29, 1.82) is 0 Å². The molecule has 6 rings (SSSR count). The molecular formula is C38H40N2O11. The molecule has 2 bridgehead atoms. The van der Waals surface area contributed by atoms with Gasteiger partial charge in [-0.25, -0.2) is 14.4 Å². The third-order valence-corrected chi connectivity index (χ3v) is 10.4. The predicted octanol–water partition coefficient (Wildman–Crippen LogP) is 4.54. The molecule has 13 nitrogen and oxygen atoms in total. The summed E-state index contributed by atoms with van der Waals surface area (Å²) in [6, 6.07) is 14.4. The maximum Gasteiger partial charge on any atom is 0.340 e. The van der Waals surface area contributed by atoms with E-state index in [0.29, 0.717) is 0 Å². The summed E-state index contributed by atoms with van der Waals surface area (Å²) in [5, 5.41) is 0. The minimum absolute atomic E-state index is 0.131. The van der Waals surface area contributed by atoms with Gasteiger partial charge in [0.25, 0.3) is 0 Å². The number of hydrogen-bond donors (Lipinski definition) is 0. The Hall–Kier alpha value is -5.17. The first-order valence-electron chi connectivity index (χ1n) is 16.8. The number of fused-ring (bicyclic) bond motifs is 1. The van der Waals surface area contributed by atoms with Gasteiger partial charge in [-0.3, -0.25) is 19.6 Å². The Morgan fingerprint density at radius 3 is 1.92 bits per heavy atom. The van der Waals surface area contributed by atoms with E-state index in [0.717, 1.165) is 0 Å². The fourth-order valence-electron chi connectivity index (χ4n) is 8.33. The van der Waals surface area contributed by atoms with E-state index in [9.17, 15) is 24.0 Å². The lowest BCUT2D eigenvalue weighted by Crippen LogP contribution is -2.77. The van der Waals surface area contributed by atoms with Crippen molar-refractivity contribution in [2.75, 3.05) is 6.61 Å². The summed E-state index contributed by atoms with van der Waals surface area (Å²) in [4.78, 5) is 75.3. The quantitative estimate of drug-likeness (QED) is 0.226. The zero-order valence-corrected chi connectivity index (χ0v) is 29.0. The highest BCUT2D eigenvalue weighted by atomic mass is 16.6. The molecule has 51 heavy (non-hydrogen) atoms. The number of benzene rings is 1. The Morgan fingerprint density at radius 1 is 0.745 bits per heavy atom. The number of pyridine rings is 2. The van der Waals surface area contributed by atoms with Gasteiger partial charge in [0.1, 0.15) is 24.2 Å². The van der Waals surface area contributed by atoms with E-state index >= 15 is 0 Å². The van der Waals surface area contributed by atoms with Crippen LogP contribution >= 0.6 is 0 Å². The lowest BCUT2D eigenvalue weighted by Gasteiger charge is -2.62. The van der Waals surface area contributed by atoms with Gasteiger partial charge in [0.2, 0.25) is 0 Å². The summed E-state index contributed by atoms with van der Waals surface area (Å²) in [5.41, 5.74) is -3.69. The number of carbonyl (C=O) groups is 5. The van der Waals surface area contributed by atoms with Crippen molar-refractivity contribution < 1.29 is 52.4 Å². The molecule has 2 aromatic heterocycles. The normalized spacial score (nSPS) is 30.2. The minimum Gasteiger partial charge on any atom is -0.461 e. The molecule has 0 unspecified atom stereocenters. The number of esters is 5. The van der Waals surface area contributed by atoms with E-state index in [1.165, 1.54) is 50.8 Å². The Balaban J connectivity index is 1.59. The number of carbonyl (C=O) groups excluding carboxylic acids is 5. The van der Waals surface area contributed by atoms with Crippen LogP contribution in [-0.4, -0.2) is 82.0 Å². The summed E-state index contributed by atoms with van der Waals surface area (Å²) in [5.74, 6) is -4.72. The molecule has 1 saturated heterocycles. The van der Waals surface area contributed by atoms with Gasteiger partial charge < -0.3 is 28.4 Å². The summed E-state index contributed by atoms with van der Waals surface area (Å²) >= 11 is 0. The maximum absolute atomic E-state index is 14.1. The van der Waals surface area contributed by atoms with Crippen molar-refractivity contribution in [1.82, 2.24) is 9.97 Å². The van der Waals surface area contributed by atoms with Crippen molar-refractivity contribution in [2.24, 2.45) is 17.3 Å². The van der Waals surface area contributed by atoms with Crippen molar-refractivity contribution in [3.63, 3.8) is 0 Å². The van der Waals surface area contributed by atoms with Crippen molar-refractivity contribution in [2.45, 2.75) is 83.1 Å². The molecular weight excluding hydrogens is 660 g/mol. The second kappa shape index (κ2) is 13.9. The molecule has 1 aromatic carbocycles. The Bertz CT molecular complexity index is 1790. The van der Waals surface area contributed by atoms with E-state index in [1.54, 1.807) is 42.5 Å². The highest BCUT2D eigenvalue weighted by Gasteiger charge is 2.81. The molecule has 2 aliphatic carbocycles. The van der Waals surface area contributed by atoms with Crippen molar-refractivity contribution in [3.8, 4) is 0 Å². The smallest absolute Gasteiger partial charge is 0.340 e. The van der Waals surface area contributed by atoms with Gasteiger partial charge in [-0.05, 0) is 69.0 Å². The first kappa shape index (κ1) is 35.6. The molecule has 0 amide bonds. The topological polar surface area (TPSA) is 167 Å². The Labute approximate surface area is 294 Å². The van der Waals surface area contributed by atoms with Crippen LogP contribution in [0, 0.1) is 17.3 Å². The Kier molecular flexibility index (Phi) is 9.69. The number of aromatic nitrogens is 2. The van der Waals surface area contributed by atoms with Crippen LogP contribution in [0.2, 0.25) is 0 Å². The monoisotopic (exact) mass is 700 g/mol. The third kappa shape index (κ3) is 6.46. The van der Waals surface area contributed by atoms with E-state index < -0.39 is 89.3 Å². The van der Waals surface area contributed by atoms with Crippen LogP contribution in [0.1, 0.15) is 78.5 Å². The van der Waals surface area contributed by atoms with Crippen LogP contribution in [0.25, 0.3) is 0 Å². The van der Waals surface area contributed by atoms with Gasteiger partial charge >= 0.3 is 29.8 Å². The highest BCUT2D eigenvalue weighted by Crippen LogP contribution is 2.68. The Morgan fingerprint density at radius 2 is 1.33 bits per heavy atom. The summed E-state index contributed by atoms with van der Waals surface area (Å²) in [7, 11) is 0. The van der Waals surface area contributed by atoms with Crippen LogP contribution in [0.3, 0.4) is 0 Å². The van der Waals surface area contributed by atoms with Crippen LogP contribution in [0.15, 0.2) is 79.4 Å². The molecule has 1 spiro atoms. The van der Waals surface area contributed by atoms with Crippen LogP contribution in [0.4, 0.5) is 0 Å². The van der Waals surface area contributed by atoms with E-state index in [2.05, 4.69) is 9.97 Å². The van der Waals surface area contributed by atoms with Crippen LogP contribution in [-0.2, 0) is 38.0 Å². The van der Waals surface area contributed by atoms with Crippen LogP contribution in [0.5, 0.6) is 0 Å². The molecule has 0 N–H and O–H groups in total. The van der Waals surface area contributed by atoms with E-state index in [-0.39, 0.29) is 29.5 Å². The fourth-order valence-corrected chi connectivity index (χ4v) is 8.33. The van der Waals surface area contributed by atoms with Crippen molar-refractivity contribution >= 4 is 29.8 Å². The zero-order valence-electron chi connectivity index (χ0n) is 29.0. The second-order valence-electron chi connectivity index (χ2n) is 13.9. The molecule has 8 atom stereocenters. The number of rotatable bonds is 9. The van der Waals surface area contributed by atoms with E-state index in [4.69, 9.17) is 28.4 Å². The first-order valence-corrected chi connectivity index (χ1v) is 16.8. The summed E-state index contributed by atoms with van der Waals surface area (Å²) in [6.07, 6.45) is 0.902. The number of hydrogen-bond acceptors (Lipinski definition) is 13. The average Bonchev–Trinajstić information content (AvgIpc) is 3.37. The summed E-state index contributed by atoms with van der Waals surface area (Å²) in [6.45, 7) is 7.45. The lowest BCUT2D eigenvalue weighted by atomic mass is 9.48. The molecule has 3 fully saturated rings. The fraction of sp³-hybridized carbons (Fsp3) is 0.447. The number of nitrogens with zero attached hydrogens (tertiary/aromatic N) is 2. The second-order valence-corrected chi connectivity index (χ2v) is 13.9. The minimum atomic E-state index is -1.80. The molecule has 3 heterocycles. The third-order valence-electron chi connectivity index (χ3n) is 10.4. The first-order chi connectivity index (χ1) is 24.3. The standard InChI is InChI=1S/C38H40N2O11/c1-22-17-29(47-23(2)41)31(48-24(3)42)37(21-46-33(43)26-13-9-15-39-19-26)32(50-34(44)25-11-7-6-8-12-25)30(28-18-38(22,37)51-36(28,4)5)49-35(45)27-14-10-16-40-20-27/h6-16,19-20,22,28-32H,17-18,21H2,1-5H3/t22-,28-,29-,30+,31-,32-,37+,38+/m0/s1. The largest absolute Gasteiger partial charge is 0.461 e. The maximum atomic E-state index is 14.1. The van der Waals surface area contributed by atoms with Crippen molar-refractivity contribution in [3.05, 3.63) is 96.1 Å². The summed E-state index contributed by atoms with van der Waals surface area (Å²) < 4.78 is 37.9. The van der Waals surface area contributed by atoms with Gasteiger partial charge in [-0.2, -0.15) is 0 Å². The molecule has 13 heteroatoms. The molecule has 2 saturated carbocycles. The van der Waals surface area contributed by atoms with Crippen LogP contribution < -0.4 is 0 Å². The molecule has 0 radical (unpaired) electrons. The molecule has 3 aliphatic rings. The SMILES string of the molecule is CC(=O)O[C@H]1C[C@H](C)[C@]23C[C@@H]([C@@H](OC(=O)c4cccnc4)[C@H](OC(=O)c4ccccc4)[C@@]2(COC(=O)c2cccnc2)[C@H]1OC(C)=O)C(C)(C)O3. The van der Waals surface area contributed by atoms with Gasteiger partial charge in [-0.15, -0.1) is 0 Å². The number of ether oxygens (including phenoxy) is 6. The van der Waals surface area contributed by atoms with Gasteiger partial charge in [0.15, 0.2) is 12.2 Å². The molecule has 1 aliphatic heterocycles. The predicted molar refractivity (Wildman–Crippen MR) is 177 cm³/mol. The highest BCUT2D eigenvalue weighted by molar-refractivity contribution is 5.91. The van der Waals surface area contributed by atoms with Gasteiger partial charge in [-0.1, -0.05) is 25.1 Å². The average molecular weight is 701 g/mol. The molecule has 3 aromatic rings. The van der Waals surface area contributed by atoms with Gasteiger partial charge in [0.05, 0.1) is 27.9 Å². The van der Waals surface area contributed by atoms with Gasteiger partial charge in [0, 0.05) is 44.6 Å².